The summed E-state index contributed by atoms with van der Waals surface area (Å²) in [5, 5.41) is 10.9. The Morgan fingerprint density at radius 3 is 2.57 bits per heavy atom. The van der Waals surface area contributed by atoms with Crippen LogP contribution in [0.1, 0.15) is 29.8 Å². The lowest BCUT2D eigenvalue weighted by Crippen LogP contribution is -2.18. The number of aliphatic imine (C=N–C) groups is 1. The number of aromatic amines is 1. The predicted octanol–water partition coefficient (Wildman–Crippen LogP) is 3.35. The van der Waals surface area contributed by atoms with E-state index in [2.05, 4.69) is 14.7 Å². The molecule has 3 rings (SSSR count). The van der Waals surface area contributed by atoms with Gasteiger partial charge in [-0.3, -0.25) is 4.99 Å². The van der Waals surface area contributed by atoms with E-state index in [9.17, 15) is 18.3 Å². The number of ether oxygens (including phenoxy) is 1. The Kier molecular flexibility index (Phi) is 6.23. The van der Waals surface area contributed by atoms with Crippen molar-refractivity contribution in [3.05, 3.63) is 53.6 Å². The number of aromatic nitrogens is 1. The SMILES string of the molecule is CNS(=O)(=O)c1ccc(/N=C/c2c(O)[nH]c3ccc(C(=O)OCC(C)C)cc23)cc1. The minimum atomic E-state index is -3.52. The van der Waals surface area contributed by atoms with E-state index in [1.807, 2.05) is 13.8 Å². The lowest BCUT2D eigenvalue weighted by Gasteiger charge is -2.07. The van der Waals surface area contributed by atoms with Gasteiger partial charge < -0.3 is 14.8 Å². The van der Waals surface area contributed by atoms with E-state index in [1.54, 1.807) is 30.3 Å². The van der Waals surface area contributed by atoms with Crippen LogP contribution in [0, 0.1) is 5.92 Å². The molecule has 0 aliphatic carbocycles. The van der Waals surface area contributed by atoms with Gasteiger partial charge in [-0.2, -0.15) is 0 Å². The predicted molar refractivity (Wildman–Crippen MR) is 115 cm³/mol. The lowest BCUT2D eigenvalue weighted by atomic mass is 10.1. The van der Waals surface area contributed by atoms with Crippen LogP contribution in [0.5, 0.6) is 5.88 Å². The molecule has 3 aromatic rings. The van der Waals surface area contributed by atoms with Crippen molar-refractivity contribution in [2.24, 2.45) is 10.9 Å². The van der Waals surface area contributed by atoms with Gasteiger partial charge in [0.05, 0.1) is 28.3 Å². The first kappa shape index (κ1) is 21.5. The highest BCUT2D eigenvalue weighted by atomic mass is 32.2. The quantitative estimate of drug-likeness (QED) is 0.393. The van der Waals surface area contributed by atoms with Crippen molar-refractivity contribution in [1.29, 1.82) is 0 Å². The van der Waals surface area contributed by atoms with Crippen LogP contribution in [0.3, 0.4) is 0 Å². The second-order valence-corrected chi connectivity index (χ2v) is 8.99. The van der Waals surface area contributed by atoms with Crippen molar-refractivity contribution in [1.82, 2.24) is 9.71 Å². The van der Waals surface area contributed by atoms with Crippen molar-refractivity contribution in [2.75, 3.05) is 13.7 Å². The monoisotopic (exact) mass is 429 g/mol. The zero-order valence-corrected chi connectivity index (χ0v) is 17.7. The van der Waals surface area contributed by atoms with Gasteiger partial charge in [0.2, 0.25) is 10.0 Å². The van der Waals surface area contributed by atoms with Gasteiger partial charge in [0.15, 0.2) is 5.88 Å². The molecule has 0 aliphatic heterocycles. The fourth-order valence-corrected chi connectivity index (χ4v) is 3.48. The minimum Gasteiger partial charge on any atom is -0.494 e. The highest BCUT2D eigenvalue weighted by Crippen LogP contribution is 2.28. The molecule has 0 spiro atoms. The van der Waals surface area contributed by atoms with Crippen LogP contribution in [-0.2, 0) is 14.8 Å². The third-order valence-corrected chi connectivity index (χ3v) is 5.79. The maximum absolute atomic E-state index is 12.2. The molecule has 3 N–H and O–H groups in total. The van der Waals surface area contributed by atoms with Gasteiger partial charge in [0, 0.05) is 17.1 Å². The van der Waals surface area contributed by atoms with Gasteiger partial charge in [-0.15, -0.1) is 0 Å². The van der Waals surface area contributed by atoms with Gasteiger partial charge in [-0.1, -0.05) is 13.8 Å². The van der Waals surface area contributed by atoms with Gasteiger partial charge >= 0.3 is 5.97 Å². The average Bonchev–Trinajstić information content (AvgIpc) is 3.04. The highest BCUT2D eigenvalue weighted by Gasteiger charge is 2.14. The Bertz CT molecular complexity index is 1200. The van der Waals surface area contributed by atoms with Gasteiger partial charge in [-0.25, -0.2) is 17.9 Å². The molecule has 1 aromatic heterocycles. The number of hydrogen-bond donors (Lipinski definition) is 3. The summed E-state index contributed by atoms with van der Waals surface area (Å²) in [5.41, 5.74) is 1.94. The number of rotatable bonds is 7. The number of carbonyl (C=O) groups is 1. The number of sulfonamides is 1. The smallest absolute Gasteiger partial charge is 0.338 e. The molecule has 30 heavy (non-hydrogen) atoms. The number of hydrogen-bond acceptors (Lipinski definition) is 6. The summed E-state index contributed by atoms with van der Waals surface area (Å²) in [6, 6.07) is 11.0. The summed E-state index contributed by atoms with van der Waals surface area (Å²) in [7, 11) is -2.18. The molecule has 0 radical (unpaired) electrons. The molecule has 0 saturated heterocycles. The second-order valence-electron chi connectivity index (χ2n) is 7.10. The number of H-pyrrole nitrogens is 1. The van der Waals surface area contributed by atoms with Crippen LogP contribution in [0.4, 0.5) is 5.69 Å². The molecule has 0 amide bonds. The third kappa shape index (κ3) is 4.69. The Labute approximate surface area is 174 Å². The van der Waals surface area contributed by atoms with Gasteiger partial charge in [0.25, 0.3) is 0 Å². The van der Waals surface area contributed by atoms with E-state index in [0.717, 1.165) is 0 Å². The van der Waals surface area contributed by atoms with Gasteiger partial charge in [0.1, 0.15) is 0 Å². The molecular weight excluding hydrogens is 406 g/mol. The second kappa shape index (κ2) is 8.68. The van der Waals surface area contributed by atoms with Crippen LogP contribution in [0.25, 0.3) is 10.9 Å². The van der Waals surface area contributed by atoms with Crippen LogP contribution in [0.2, 0.25) is 0 Å². The molecule has 8 nitrogen and oxygen atoms in total. The molecule has 1 heterocycles. The Balaban J connectivity index is 1.89. The number of carbonyl (C=O) groups excluding carboxylic acids is 1. The first-order valence-corrected chi connectivity index (χ1v) is 10.8. The largest absolute Gasteiger partial charge is 0.494 e. The van der Waals surface area contributed by atoms with Crippen molar-refractivity contribution in [3.8, 4) is 5.88 Å². The Hall–Kier alpha value is -3.17. The van der Waals surface area contributed by atoms with Crippen molar-refractivity contribution < 1.29 is 23.1 Å². The van der Waals surface area contributed by atoms with E-state index in [-0.39, 0.29) is 16.7 Å². The van der Waals surface area contributed by atoms with Crippen molar-refractivity contribution >= 4 is 38.8 Å². The molecule has 9 heteroatoms. The summed E-state index contributed by atoms with van der Waals surface area (Å²) < 4.78 is 31.1. The zero-order chi connectivity index (χ0) is 21.9. The third-order valence-electron chi connectivity index (χ3n) is 4.36. The van der Waals surface area contributed by atoms with Crippen LogP contribution >= 0.6 is 0 Å². The minimum absolute atomic E-state index is 0.0872. The Morgan fingerprint density at radius 1 is 1.23 bits per heavy atom. The van der Waals surface area contributed by atoms with E-state index in [0.29, 0.717) is 34.3 Å². The number of aromatic hydroxyl groups is 1. The molecule has 0 unspecified atom stereocenters. The maximum atomic E-state index is 12.2. The first-order chi connectivity index (χ1) is 14.2. The number of esters is 1. The summed E-state index contributed by atoms with van der Waals surface area (Å²) in [6.07, 6.45) is 1.46. The van der Waals surface area contributed by atoms with E-state index >= 15 is 0 Å². The molecular formula is C21H23N3O5S. The number of nitrogens with zero attached hydrogens (tertiary/aromatic N) is 1. The highest BCUT2D eigenvalue weighted by molar-refractivity contribution is 7.89. The van der Waals surface area contributed by atoms with Crippen molar-refractivity contribution in [3.63, 3.8) is 0 Å². The van der Waals surface area contributed by atoms with Crippen LogP contribution in [0.15, 0.2) is 52.4 Å². The number of benzene rings is 2. The molecule has 0 bridgehead atoms. The van der Waals surface area contributed by atoms with E-state index in [4.69, 9.17) is 4.74 Å². The van der Waals surface area contributed by atoms with Crippen LogP contribution < -0.4 is 4.72 Å². The summed E-state index contributed by atoms with van der Waals surface area (Å²) in [4.78, 5) is 19.5. The molecule has 2 aromatic carbocycles. The first-order valence-electron chi connectivity index (χ1n) is 9.30. The van der Waals surface area contributed by atoms with Crippen LogP contribution in [-0.4, -0.2) is 44.3 Å². The Morgan fingerprint density at radius 2 is 1.93 bits per heavy atom. The van der Waals surface area contributed by atoms with Gasteiger partial charge in [-0.05, 0) is 55.4 Å². The van der Waals surface area contributed by atoms with Crippen molar-refractivity contribution in [2.45, 2.75) is 18.7 Å². The summed E-state index contributed by atoms with van der Waals surface area (Å²) in [5.74, 6) is -0.294. The average molecular weight is 429 g/mol. The summed E-state index contributed by atoms with van der Waals surface area (Å²) in [6.45, 7) is 4.23. The molecule has 0 aliphatic rings. The van der Waals surface area contributed by atoms with E-state index in [1.165, 1.54) is 25.4 Å². The molecule has 0 fully saturated rings. The lowest BCUT2D eigenvalue weighted by molar-refractivity contribution is 0.0459. The topological polar surface area (TPSA) is 121 Å². The molecule has 0 atom stereocenters. The fraction of sp³-hybridized carbons (Fsp3) is 0.238. The fourth-order valence-electron chi connectivity index (χ4n) is 2.75. The molecule has 158 valence electrons. The standard InChI is InChI=1S/C21H23N3O5S/c1-13(2)12-29-21(26)14-4-9-19-17(10-14)18(20(25)24-19)11-23-15-5-7-16(8-6-15)30(27,28)22-3/h4-11,13,22,24-25H,12H2,1-3H3/b23-11+. The number of fused-ring (bicyclic) bond motifs is 1. The maximum Gasteiger partial charge on any atom is 0.338 e. The zero-order valence-electron chi connectivity index (χ0n) is 16.8. The summed E-state index contributed by atoms with van der Waals surface area (Å²) >= 11 is 0. The van der Waals surface area contributed by atoms with E-state index < -0.39 is 16.0 Å². The number of nitrogens with one attached hydrogen (secondary N) is 2. The molecule has 0 saturated carbocycles. The normalized spacial score (nSPS) is 12.1.